The molecule has 0 aliphatic heterocycles. The van der Waals surface area contributed by atoms with E-state index in [9.17, 15) is 4.79 Å². The minimum absolute atomic E-state index is 0.0837. The molecule has 0 atom stereocenters. The van der Waals surface area contributed by atoms with Crippen LogP contribution in [0.2, 0.25) is 0 Å². The highest BCUT2D eigenvalue weighted by molar-refractivity contribution is 6.16. The van der Waals surface area contributed by atoms with Crippen LogP contribution >= 0.6 is 11.6 Å². The Morgan fingerprint density at radius 2 is 1.90 bits per heavy atom. The summed E-state index contributed by atoms with van der Waals surface area (Å²) in [5.74, 6) is 0.745. The van der Waals surface area contributed by atoms with Crippen LogP contribution in [-0.4, -0.2) is 14.5 Å². The minimum atomic E-state index is -0.0837. The Kier molecular flexibility index (Phi) is 3.71. The van der Waals surface area contributed by atoms with Gasteiger partial charge in [-0.3, -0.25) is 14.3 Å². The monoisotopic (exact) mass is 299 g/mol. The highest BCUT2D eigenvalue weighted by Gasteiger charge is 2.11. The second kappa shape index (κ2) is 5.66. The molecule has 0 fully saturated rings. The van der Waals surface area contributed by atoms with Crippen molar-refractivity contribution in [3.63, 3.8) is 0 Å². The maximum Gasteiger partial charge on any atom is 0.261 e. The Balaban J connectivity index is 2.17. The molecule has 0 N–H and O–H groups in total. The zero-order valence-electron chi connectivity index (χ0n) is 11.6. The van der Waals surface area contributed by atoms with Crippen molar-refractivity contribution in [1.29, 1.82) is 0 Å². The lowest BCUT2D eigenvalue weighted by atomic mass is 10.2. The highest BCUT2D eigenvalue weighted by atomic mass is 35.5. The third-order valence-corrected chi connectivity index (χ3v) is 3.57. The molecule has 5 heteroatoms. The smallest absolute Gasteiger partial charge is 0.261 e. The average molecular weight is 300 g/mol. The molecule has 4 nitrogen and oxygen atoms in total. The van der Waals surface area contributed by atoms with Crippen LogP contribution in [0.5, 0.6) is 0 Å². The van der Waals surface area contributed by atoms with Crippen LogP contribution in [-0.2, 0) is 12.4 Å². The van der Waals surface area contributed by atoms with Gasteiger partial charge in [0.05, 0.1) is 29.0 Å². The van der Waals surface area contributed by atoms with E-state index in [4.69, 9.17) is 11.6 Å². The van der Waals surface area contributed by atoms with Gasteiger partial charge in [0.2, 0.25) is 0 Å². The van der Waals surface area contributed by atoms with Crippen molar-refractivity contribution in [2.24, 2.45) is 0 Å². The predicted molar refractivity (Wildman–Crippen MR) is 83.6 cm³/mol. The molecule has 106 valence electrons. The lowest BCUT2D eigenvalue weighted by Gasteiger charge is -2.11. The van der Waals surface area contributed by atoms with Gasteiger partial charge < -0.3 is 0 Å². The van der Waals surface area contributed by atoms with E-state index >= 15 is 0 Å². The van der Waals surface area contributed by atoms with E-state index < -0.39 is 0 Å². The minimum Gasteiger partial charge on any atom is -0.289 e. The molecule has 0 saturated heterocycles. The van der Waals surface area contributed by atoms with E-state index in [1.54, 1.807) is 10.6 Å². The van der Waals surface area contributed by atoms with Crippen LogP contribution in [0, 0.1) is 6.92 Å². The summed E-state index contributed by atoms with van der Waals surface area (Å²) in [5, 5.41) is 0.596. The van der Waals surface area contributed by atoms with E-state index in [1.807, 2.05) is 43.3 Å². The van der Waals surface area contributed by atoms with Gasteiger partial charge in [-0.25, -0.2) is 4.98 Å². The predicted octanol–water partition coefficient (Wildman–Crippen LogP) is 2.89. The standard InChI is InChI=1S/C16H14ClN3O/c1-11-5-4-6-12(18-11)10-20-15(9-17)19-14-8-3-2-7-13(14)16(20)21/h2-8H,9-10H2,1H3. The van der Waals surface area contributed by atoms with E-state index in [2.05, 4.69) is 9.97 Å². The number of halogens is 1. The first-order valence-corrected chi connectivity index (χ1v) is 7.19. The molecule has 0 unspecified atom stereocenters. The molecule has 2 aromatic heterocycles. The number of hydrogen-bond donors (Lipinski definition) is 0. The molecule has 1 aromatic carbocycles. The van der Waals surface area contributed by atoms with Crippen molar-refractivity contribution in [1.82, 2.24) is 14.5 Å². The van der Waals surface area contributed by atoms with Crippen LogP contribution in [0.25, 0.3) is 10.9 Å². The van der Waals surface area contributed by atoms with Crippen molar-refractivity contribution < 1.29 is 0 Å². The first kappa shape index (κ1) is 13.8. The van der Waals surface area contributed by atoms with Gasteiger partial charge in [-0.2, -0.15) is 0 Å². The Morgan fingerprint density at radius 1 is 1.10 bits per heavy atom. The molecule has 0 saturated carbocycles. The van der Waals surface area contributed by atoms with Crippen molar-refractivity contribution in [3.8, 4) is 0 Å². The summed E-state index contributed by atoms with van der Waals surface area (Å²) in [5.41, 5.74) is 2.33. The van der Waals surface area contributed by atoms with E-state index in [0.717, 1.165) is 11.4 Å². The number of hydrogen-bond acceptors (Lipinski definition) is 3. The second-order valence-corrected chi connectivity index (χ2v) is 5.11. The van der Waals surface area contributed by atoms with Gasteiger partial charge in [0, 0.05) is 5.69 Å². The summed E-state index contributed by atoms with van der Waals surface area (Å²) in [4.78, 5) is 21.5. The second-order valence-electron chi connectivity index (χ2n) is 4.84. The molecule has 0 radical (unpaired) electrons. The van der Waals surface area contributed by atoms with E-state index in [-0.39, 0.29) is 11.4 Å². The van der Waals surface area contributed by atoms with Gasteiger partial charge >= 0.3 is 0 Å². The number of aryl methyl sites for hydroxylation is 1. The lowest BCUT2D eigenvalue weighted by molar-refractivity contribution is 0.690. The zero-order valence-corrected chi connectivity index (χ0v) is 12.3. The molecule has 2 heterocycles. The Morgan fingerprint density at radius 3 is 2.67 bits per heavy atom. The van der Waals surface area contributed by atoms with E-state index in [0.29, 0.717) is 23.3 Å². The summed E-state index contributed by atoms with van der Waals surface area (Å²) in [6, 6.07) is 13.0. The Labute approximate surface area is 127 Å². The number of aromatic nitrogens is 3. The molecule has 3 aromatic rings. The van der Waals surface area contributed by atoms with Crippen LogP contribution < -0.4 is 5.56 Å². The van der Waals surface area contributed by atoms with Crippen LogP contribution in [0.15, 0.2) is 47.3 Å². The molecule has 0 amide bonds. The summed E-state index contributed by atoms with van der Waals surface area (Å²) in [6.07, 6.45) is 0. The fraction of sp³-hybridized carbons (Fsp3) is 0.188. The fourth-order valence-electron chi connectivity index (χ4n) is 2.33. The van der Waals surface area contributed by atoms with Gasteiger partial charge in [-0.15, -0.1) is 11.6 Å². The molecule has 3 rings (SSSR count). The number of para-hydroxylation sites is 1. The van der Waals surface area contributed by atoms with Crippen molar-refractivity contribution in [2.75, 3.05) is 0 Å². The largest absolute Gasteiger partial charge is 0.289 e. The number of benzene rings is 1. The highest BCUT2D eigenvalue weighted by Crippen LogP contribution is 2.11. The first-order valence-electron chi connectivity index (χ1n) is 6.66. The third kappa shape index (κ3) is 2.67. The Hall–Kier alpha value is -2.20. The topological polar surface area (TPSA) is 47.8 Å². The summed E-state index contributed by atoms with van der Waals surface area (Å²) in [7, 11) is 0. The number of nitrogens with zero attached hydrogens (tertiary/aromatic N) is 3. The Bertz CT molecular complexity index is 858. The quantitative estimate of drug-likeness (QED) is 0.699. The normalized spacial score (nSPS) is 11.0. The maximum absolute atomic E-state index is 12.6. The van der Waals surface area contributed by atoms with Crippen molar-refractivity contribution in [3.05, 3.63) is 70.0 Å². The maximum atomic E-state index is 12.6. The van der Waals surface area contributed by atoms with Gasteiger partial charge in [-0.1, -0.05) is 18.2 Å². The van der Waals surface area contributed by atoms with Crippen molar-refractivity contribution in [2.45, 2.75) is 19.3 Å². The number of fused-ring (bicyclic) bond motifs is 1. The van der Waals surface area contributed by atoms with Gasteiger partial charge in [0.25, 0.3) is 5.56 Å². The molecular weight excluding hydrogens is 286 g/mol. The SMILES string of the molecule is Cc1cccc(Cn2c(CCl)nc3ccccc3c2=O)n1. The van der Waals surface area contributed by atoms with E-state index in [1.165, 1.54) is 0 Å². The molecule has 0 bridgehead atoms. The van der Waals surface area contributed by atoms with Crippen LogP contribution in [0.1, 0.15) is 17.2 Å². The van der Waals surface area contributed by atoms with Gasteiger partial charge in [0.1, 0.15) is 5.82 Å². The first-order chi connectivity index (χ1) is 10.2. The molecule has 0 spiro atoms. The lowest BCUT2D eigenvalue weighted by Crippen LogP contribution is -2.25. The van der Waals surface area contributed by atoms with Gasteiger partial charge in [0.15, 0.2) is 0 Å². The molecule has 0 aliphatic rings. The van der Waals surface area contributed by atoms with Gasteiger partial charge in [-0.05, 0) is 31.2 Å². The number of alkyl halides is 1. The summed E-state index contributed by atoms with van der Waals surface area (Å²) >= 11 is 5.96. The molecule has 0 aliphatic carbocycles. The zero-order chi connectivity index (χ0) is 14.8. The number of rotatable bonds is 3. The summed E-state index contributed by atoms with van der Waals surface area (Å²) < 4.78 is 1.59. The number of pyridine rings is 1. The average Bonchev–Trinajstić information content (AvgIpc) is 2.50. The van der Waals surface area contributed by atoms with Crippen LogP contribution in [0.3, 0.4) is 0 Å². The fourth-order valence-corrected chi connectivity index (χ4v) is 2.53. The molecular formula is C16H14ClN3O. The van der Waals surface area contributed by atoms with Crippen molar-refractivity contribution >= 4 is 22.5 Å². The van der Waals surface area contributed by atoms with Crippen LogP contribution in [0.4, 0.5) is 0 Å². The third-order valence-electron chi connectivity index (χ3n) is 3.33. The molecule has 21 heavy (non-hydrogen) atoms. The summed E-state index contributed by atoms with van der Waals surface area (Å²) in [6.45, 7) is 2.30.